The zero-order valence-corrected chi connectivity index (χ0v) is 30.0. The molecule has 1 atom stereocenters. The number of unbranched alkanes of at least 4 members (excludes halogenated alkanes) is 2. The van der Waals surface area contributed by atoms with Gasteiger partial charge in [-0.05, 0) is 79.3 Å². The van der Waals surface area contributed by atoms with Crippen LogP contribution in [0.25, 0.3) is 5.69 Å². The molecule has 1 aliphatic heterocycles. The monoisotopic (exact) mass is 699 g/mol. The summed E-state index contributed by atoms with van der Waals surface area (Å²) in [6.07, 6.45) is 4.32. The Kier molecular flexibility index (Phi) is 12.3. The number of halogens is 1. The molecule has 3 amide bonds. The first-order valence-electron chi connectivity index (χ1n) is 17.3. The van der Waals surface area contributed by atoms with E-state index < -0.39 is 6.04 Å². The number of ether oxygens (including phenoxy) is 1. The van der Waals surface area contributed by atoms with Crippen molar-refractivity contribution in [3.8, 4) is 11.4 Å². The third kappa shape index (κ3) is 8.37. The van der Waals surface area contributed by atoms with Gasteiger partial charge in [-0.15, -0.1) is 0 Å². The van der Waals surface area contributed by atoms with Crippen LogP contribution >= 0.6 is 11.6 Å². The van der Waals surface area contributed by atoms with Crippen molar-refractivity contribution < 1.29 is 24.2 Å². The van der Waals surface area contributed by atoms with E-state index in [0.29, 0.717) is 65.2 Å². The minimum absolute atomic E-state index is 0.0561. The van der Waals surface area contributed by atoms with E-state index in [9.17, 15) is 19.5 Å². The second-order valence-electron chi connectivity index (χ2n) is 12.8. The van der Waals surface area contributed by atoms with E-state index in [1.807, 2.05) is 36.1 Å². The highest BCUT2D eigenvalue weighted by molar-refractivity contribution is 6.32. The van der Waals surface area contributed by atoms with Gasteiger partial charge < -0.3 is 25.0 Å². The van der Waals surface area contributed by atoms with Crippen LogP contribution in [-0.2, 0) is 24.2 Å². The van der Waals surface area contributed by atoms with E-state index in [4.69, 9.17) is 21.4 Å². The summed E-state index contributed by atoms with van der Waals surface area (Å²) in [5.41, 5.74) is 4.98. The number of rotatable bonds is 14. The molecule has 0 bridgehead atoms. The molecule has 2 heterocycles. The molecule has 0 fully saturated rings. The van der Waals surface area contributed by atoms with Gasteiger partial charge in [-0.1, -0.05) is 68.6 Å². The number of aryl methyl sites for hydroxylation is 1. The van der Waals surface area contributed by atoms with Crippen molar-refractivity contribution in [2.45, 2.75) is 71.9 Å². The predicted octanol–water partition coefficient (Wildman–Crippen LogP) is 6.63. The molecule has 0 spiro atoms. The minimum atomic E-state index is -0.440. The molecule has 3 aromatic carbocycles. The Morgan fingerprint density at radius 3 is 2.38 bits per heavy atom. The molecule has 0 saturated heterocycles. The molecule has 11 heteroatoms. The summed E-state index contributed by atoms with van der Waals surface area (Å²) in [6, 6.07) is 19.5. The first-order chi connectivity index (χ1) is 24.2. The summed E-state index contributed by atoms with van der Waals surface area (Å²) in [4.78, 5) is 45.0. The largest absolute Gasteiger partial charge is 0.495 e. The number of anilines is 1. The van der Waals surface area contributed by atoms with Gasteiger partial charge in [0.15, 0.2) is 5.69 Å². The molecule has 0 radical (unpaired) electrons. The number of nitrogens with one attached hydrogen (secondary N) is 1. The van der Waals surface area contributed by atoms with Crippen molar-refractivity contribution in [3.05, 3.63) is 105 Å². The molecule has 10 nitrogen and oxygen atoms in total. The van der Waals surface area contributed by atoms with E-state index in [2.05, 4.69) is 19.2 Å². The van der Waals surface area contributed by atoms with Gasteiger partial charge in [-0.25, -0.2) is 4.68 Å². The van der Waals surface area contributed by atoms with Crippen molar-refractivity contribution in [2.75, 3.05) is 32.1 Å². The first kappa shape index (κ1) is 36.6. The molecule has 2 N–H and O–H groups in total. The van der Waals surface area contributed by atoms with Crippen LogP contribution < -0.4 is 10.1 Å². The average molecular weight is 700 g/mol. The number of carbonyl (C=O) groups is 3. The number of nitrogens with zero attached hydrogens (tertiary/aromatic N) is 4. The fourth-order valence-corrected chi connectivity index (χ4v) is 6.60. The SMILES string of the molecule is CCCCN(CCCC)C(=O)c1cc(C)n(-c2ccc(NC(=O)Cc3ccc(OC)c(Cl)c3)cc2C(=O)N2Cc3ccccc3C[C@H]2CO)n1. The number of aliphatic hydroxyl groups is 1. The minimum Gasteiger partial charge on any atom is -0.495 e. The van der Waals surface area contributed by atoms with E-state index in [1.54, 1.807) is 52.0 Å². The Morgan fingerprint density at radius 2 is 1.72 bits per heavy atom. The number of hydrogen-bond donors (Lipinski definition) is 2. The van der Waals surface area contributed by atoms with Gasteiger partial charge in [0, 0.05) is 31.0 Å². The lowest BCUT2D eigenvalue weighted by Crippen LogP contribution is -2.46. The van der Waals surface area contributed by atoms with Gasteiger partial charge in [0.2, 0.25) is 5.91 Å². The molecule has 1 aliphatic rings. The van der Waals surface area contributed by atoms with Crippen LogP contribution in [0.5, 0.6) is 5.75 Å². The highest BCUT2D eigenvalue weighted by Crippen LogP contribution is 2.30. The van der Waals surface area contributed by atoms with Crippen LogP contribution in [0.1, 0.15) is 82.8 Å². The molecule has 4 aromatic rings. The van der Waals surface area contributed by atoms with Crippen LogP contribution in [0, 0.1) is 6.92 Å². The lowest BCUT2D eigenvalue weighted by atomic mass is 9.93. The molecule has 264 valence electrons. The average Bonchev–Trinajstić information content (AvgIpc) is 3.51. The van der Waals surface area contributed by atoms with E-state index >= 15 is 0 Å². The number of aromatic nitrogens is 2. The first-order valence-corrected chi connectivity index (χ1v) is 17.7. The van der Waals surface area contributed by atoms with Gasteiger partial charge >= 0.3 is 0 Å². The van der Waals surface area contributed by atoms with Crippen molar-refractivity contribution in [3.63, 3.8) is 0 Å². The third-order valence-electron chi connectivity index (χ3n) is 9.10. The number of fused-ring (bicyclic) bond motifs is 1. The summed E-state index contributed by atoms with van der Waals surface area (Å²) < 4.78 is 6.84. The Morgan fingerprint density at radius 1 is 1.00 bits per heavy atom. The quantitative estimate of drug-likeness (QED) is 0.153. The second-order valence-corrected chi connectivity index (χ2v) is 13.2. The number of aliphatic hydroxyl groups excluding tert-OH is 1. The molecular weight excluding hydrogens is 654 g/mol. The maximum absolute atomic E-state index is 14.6. The van der Waals surface area contributed by atoms with Crippen molar-refractivity contribution in [1.82, 2.24) is 19.6 Å². The Bertz CT molecular complexity index is 1830. The van der Waals surface area contributed by atoms with Gasteiger partial charge in [-0.2, -0.15) is 5.10 Å². The number of benzene rings is 3. The summed E-state index contributed by atoms with van der Waals surface area (Å²) in [5.74, 6) is -0.233. The molecule has 0 aliphatic carbocycles. The molecule has 50 heavy (non-hydrogen) atoms. The van der Waals surface area contributed by atoms with Crippen molar-refractivity contribution >= 4 is 35.0 Å². The summed E-state index contributed by atoms with van der Waals surface area (Å²) >= 11 is 6.28. The van der Waals surface area contributed by atoms with Crippen molar-refractivity contribution in [2.24, 2.45) is 0 Å². The molecule has 1 aromatic heterocycles. The normalized spacial score (nSPS) is 13.9. The van der Waals surface area contributed by atoms with E-state index in [0.717, 1.165) is 36.8 Å². The van der Waals surface area contributed by atoms with E-state index in [1.165, 1.54) is 7.11 Å². The smallest absolute Gasteiger partial charge is 0.274 e. The highest BCUT2D eigenvalue weighted by Gasteiger charge is 2.32. The fraction of sp³-hybridized carbons (Fsp3) is 0.385. The molecule has 0 saturated carbocycles. The van der Waals surface area contributed by atoms with Crippen LogP contribution in [0.3, 0.4) is 0 Å². The Labute approximate surface area is 299 Å². The summed E-state index contributed by atoms with van der Waals surface area (Å²) in [5, 5.41) is 18.5. The van der Waals surface area contributed by atoms with Crippen LogP contribution in [-0.4, -0.2) is 75.3 Å². The zero-order chi connectivity index (χ0) is 35.8. The fourth-order valence-electron chi connectivity index (χ4n) is 6.32. The van der Waals surface area contributed by atoms with Gasteiger partial charge in [0.05, 0.1) is 42.5 Å². The lowest BCUT2D eigenvalue weighted by Gasteiger charge is -2.36. The maximum Gasteiger partial charge on any atom is 0.274 e. The molecular formula is C39H46ClN5O5. The van der Waals surface area contributed by atoms with Gasteiger partial charge in [0.25, 0.3) is 11.8 Å². The number of hydrogen-bond acceptors (Lipinski definition) is 6. The topological polar surface area (TPSA) is 117 Å². The van der Waals surface area contributed by atoms with E-state index in [-0.39, 0.29) is 36.3 Å². The number of amides is 3. The van der Waals surface area contributed by atoms with Crippen LogP contribution in [0.4, 0.5) is 5.69 Å². The second kappa shape index (κ2) is 16.8. The summed E-state index contributed by atoms with van der Waals surface area (Å²) in [7, 11) is 1.53. The van der Waals surface area contributed by atoms with Crippen LogP contribution in [0.15, 0.2) is 66.7 Å². The molecule has 5 rings (SSSR count). The third-order valence-corrected chi connectivity index (χ3v) is 9.40. The lowest BCUT2D eigenvalue weighted by molar-refractivity contribution is -0.115. The Hall–Kier alpha value is -4.67. The highest BCUT2D eigenvalue weighted by atomic mass is 35.5. The standard InChI is InChI=1S/C39H46ClN5O5/c1-5-7-17-43(18-8-6-2)39(49)34-19-26(3)45(42-34)35-15-14-30(41-37(47)21-27-13-16-36(50-4)33(40)20-27)23-32(35)38(48)44-24-29-12-10-9-11-28(29)22-31(44)25-46/h9-16,19-20,23,31,46H,5-8,17-18,21-22,24-25H2,1-4H3,(H,41,47)/t31-/m0/s1. The van der Waals surface area contributed by atoms with Gasteiger partial charge in [0.1, 0.15) is 5.75 Å². The van der Waals surface area contributed by atoms with Gasteiger partial charge in [-0.3, -0.25) is 14.4 Å². The predicted molar refractivity (Wildman–Crippen MR) is 195 cm³/mol. The van der Waals surface area contributed by atoms with Crippen LogP contribution in [0.2, 0.25) is 5.02 Å². The Balaban J connectivity index is 1.50. The number of methoxy groups -OCH3 is 1. The van der Waals surface area contributed by atoms with Crippen molar-refractivity contribution in [1.29, 1.82) is 0 Å². The zero-order valence-electron chi connectivity index (χ0n) is 29.2. The number of carbonyl (C=O) groups excluding carboxylic acids is 3. The summed E-state index contributed by atoms with van der Waals surface area (Å²) in [6.45, 7) is 7.47. The maximum atomic E-state index is 14.6. The molecule has 0 unspecified atom stereocenters.